The molecule has 4 heteroatoms. The van der Waals surface area contributed by atoms with Gasteiger partial charge in [0.1, 0.15) is 7.85 Å². The van der Waals surface area contributed by atoms with Crippen molar-refractivity contribution >= 4 is 30.2 Å². The highest BCUT2D eigenvalue weighted by molar-refractivity contribution is 6.39. The quantitative estimate of drug-likeness (QED) is 0.678. The number of rotatable bonds is 2. The van der Waals surface area contributed by atoms with Crippen LogP contribution in [0.4, 0.5) is 5.69 Å². The van der Waals surface area contributed by atoms with Gasteiger partial charge in [-0.1, -0.05) is 42.0 Å². The summed E-state index contributed by atoms with van der Waals surface area (Å²) in [6, 6.07) is 14.3. The molecule has 25 heavy (non-hydrogen) atoms. The highest BCUT2D eigenvalue weighted by atomic mass is 16.1. The molecule has 2 aromatic carbocycles. The van der Waals surface area contributed by atoms with Gasteiger partial charge in [-0.15, -0.1) is 0 Å². The molecule has 126 valence electrons. The molecule has 1 amide bonds. The Labute approximate surface area is 149 Å². The van der Waals surface area contributed by atoms with Crippen LogP contribution in [0.15, 0.2) is 53.5 Å². The van der Waals surface area contributed by atoms with Crippen LogP contribution in [0, 0.1) is 17.8 Å². The molecule has 2 aromatic rings. The van der Waals surface area contributed by atoms with Crippen LogP contribution in [0.25, 0.3) is 10.8 Å². The average molecular weight is 330 g/mol. The lowest BCUT2D eigenvalue weighted by atomic mass is 9.62. The lowest BCUT2D eigenvalue weighted by Gasteiger charge is -2.53. The molecule has 1 aliphatic carbocycles. The topological polar surface area (TPSA) is 32.3 Å². The first-order valence-electron chi connectivity index (χ1n) is 9.41. The van der Waals surface area contributed by atoms with Crippen molar-refractivity contribution < 1.29 is 4.79 Å². The van der Waals surface area contributed by atoms with Crippen LogP contribution in [0.3, 0.4) is 0 Å². The van der Waals surface area contributed by atoms with Crippen molar-refractivity contribution in [3.8, 4) is 0 Å². The largest absolute Gasteiger partial charge is 0.322 e. The second-order valence-corrected chi connectivity index (χ2v) is 8.01. The summed E-state index contributed by atoms with van der Waals surface area (Å²) in [5.74, 6) is 2.14. The number of carbonyl (C=O) groups is 1. The number of nitrogens with one attached hydrogen (secondary N) is 1. The number of anilines is 1. The average Bonchev–Trinajstić information content (AvgIpc) is 2.61. The zero-order chi connectivity index (χ0) is 17.0. The summed E-state index contributed by atoms with van der Waals surface area (Å²) in [6.45, 7) is 3.59. The van der Waals surface area contributed by atoms with Crippen molar-refractivity contribution in [1.29, 1.82) is 0 Å². The molecule has 2 unspecified atom stereocenters. The predicted molar refractivity (Wildman–Crippen MR) is 104 cm³/mol. The SMILES string of the molecule is BC(C(=O)Nc1cccc2ccccc12)=C1C2CC3CC1CN(C3)C2. The third-order valence-electron chi connectivity index (χ3n) is 6.40. The van der Waals surface area contributed by atoms with Gasteiger partial charge < -0.3 is 10.2 Å². The maximum absolute atomic E-state index is 13.0. The molecule has 3 nitrogen and oxygen atoms in total. The van der Waals surface area contributed by atoms with E-state index < -0.39 is 0 Å². The monoisotopic (exact) mass is 330 g/mol. The number of nitrogens with zero attached hydrogens (tertiary/aromatic N) is 1. The minimum absolute atomic E-state index is 0.0776. The number of benzene rings is 2. The Hall–Kier alpha value is -2.07. The van der Waals surface area contributed by atoms with Gasteiger partial charge in [0.05, 0.1) is 0 Å². The van der Waals surface area contributed by atoms with E-state index in [-0.39, 0.29) is 5.91 Å². The summed E-state index contributed by atoms with van der Waals surface area (Å²) in [4.78, 5) is 15.6. The number of carbonyl (C=O) groups excluding carboxylic acids is 1. The van der Waals surface area contributed by atoms with Crippen molar-refractivity contribution in [2.45, 2.75) is 12.8 Å². The van der Waals surface area contributed by atoms with Gasteiger partial charge in [0.15, 0.2) is 0 Å². The van der Waals surface area contributed by atoms with Gasteiger partial charge in [-0.2, -0.15) is 0 Å². The molecule has 4 aliphatic rings. The van der Waals surface area contributed by atoms with E-state index in [9.17, 15) is 4.79 Å². The molecule has 3 heterocycles. The Morgan fingerprint density at radius 2 is 1.72 bits per heavy atom. The Bertz CT molecular complexity index is 853. The highest BCUT2D eigenvalue weighted by Gasteiger charge is 2.45. The molecule has 2 atom stereocenters. The number of fused-ring (bicyclic) bond motifs is 1. The Balaban J connectivity index is 1.46. The van der Waals surface area contributed by atoms with Crippen LogP contribution >= 0.6 is 0 Å². The van der Waals surface area contributed by atoms with Gasteiger partial charge in [0.25, 0.3) is 0 Å². The van der Waals surface area contributed by atoms with Gasteiger partial charge in [0.2, 0.25) is 5.91 Å². The smallest absolute Gasteiger partial charge is 0.241 e. The first kappa shape index (κ1) is 15.2. The third-order valence-corrected chi connectivity index (χ3v) is 6.40. The molecular formula is C21H23BN2O. The molecule has 4 fully saturated rings. The number of hydrogen-bond donors (Lipinski definition) is 1. The predicted octanol–water partition coefficient (Wildman–Crippen LogP) is 2.64. The zero-order valence-corrected chi connectivity index (χ0v) is 14.7. The highest BCUT2D eigenvalue weighted by Crippen LogP contribution is 2.47. The summed E-state index contributed by atoms with van der Waals surface area (Å²) in [5, 5.41) is 5.45. The molecular weight excluding hydrogens is 307 g/mol. The van der Waals surface area contributed by atoms with Crippen molar-refractivity contribution in [2.75, 3.05) is 25.0 Å². The van der Waals surface area contributed by atoms with Crippen molar-refractivity contribution in [3.63, 3.8) is 0 Å². The van der Waals surface area contributed by atoms with Crippen LogP contribution in [-0.2, 0) is 4.79 Å². The minimum Gasteiger partial charge on any atom is -0.322 e. The molecule has 0 aromatic heterocycles. The summed E-state index contributed by atoms with van der Waals surface area (Å²) >= 11 is 0. The van der Waals surface area contributed by atoms with Gasteiger partial charge in [-0.05, 0) is 47.5 Å². The van der Waals surface area contributed by atoms with E-state index in [1.165, 1.54) is 25.0 Å². The second kappa shape index (κ2) is 5.74. The van der Waals surface area contributed by atoms with E-state index in [2.05, 4.69) is 28.4 Å². The molecule has 3 aliphatic heterocycles. The molecule has 1 N–H and O–H groups in total. The van der Waals surface area contributed by atoms with E-state index in [1.807, 2.05) is 32.1 Å². The van der Waals surface area contributed by atoms with E-state index in [4.69, 9.17) is 0 Å². The second-order valence-electron chi connectivity index (χ2n) is 8.01. The van der Waals surface area contributed by atoms with Gasteiger partial charge in [-0.3, -0.25) is 4.79 Å². The van der Waals surface area contributed by atoms with Gasteiger partial charge in [-0.25, -0.2) is 0 Å². The van der Waals surface area contributed by atoms with Crippen LogP contribution in [-0.4, -0.2) is 38.3 Å². The van der Waals surface area contributed by atoms with E-state index in [0.29, 0.717) is 11.8 Å². The Kier molecular flexibility index (Phi) is 3.49. The Morgan fingerprint density at radius 3 is 2.48 bits per heavy atom. The van der Waals surface area contributed by atoms with Crippen LogP contribution in [0.1, 0.15) is 12.8 Å². The van der Waals surface area contributed by atoms with Crippen molar-refractivity contribution in [2.24, 2.45) is 17.8 Å². The third kappa shape index (κ3) is 2.51. The van der Waals surface area contributed by atoms with Crippen molar-refractivity contribution in [1.82, 2.24) is 4.90 Å². The van der Waals surface area contributed by atoms with Crippen LogP contribution in [0.5, 0.6) is 0 Å². The van der Waals surface area contributed by atoms with Gasteiger partial charge >= 0.3 is 0 Å². The molecule has 6 rings (SSSR count). The standard InChI is InChI=1S/C21H23BN2O/c22-20(19-15-8-13-9-16(19)12-24(10-13)11-15)21(25)23-18-7-3-5-14-4-1-2-6-17(14)18/h1-7,13,15-16H,8-12,22H2,(H,23,25). The normalized spacial score (nSPS) is 29.8. The number of piperidine rings is 3. The zero-order valence-electron chi connectivity index (χ0n) is 14.7. The molecule has 0 radical (unpaired) electrons. The fraction of sp³-hybridized carbons (Fsp3) is 0.381. The minimum atomic E-state index is 0.0776. The molecule has 1 saturated carbocycles. The van der Waals surface area contributed by atoms with Crippen LogP contribution < -0.4 is 5.32 Å². The number of hydrogen-bond acceptors (Lipinski definition) is 2. The van der Waals surface area contributed by atoms with E-state index in [1.54, 1.807) is 0 Å². The molecule has 4 bridgehead atoms. The first-order valence-corrected chi connectivity index (χ1v) is 9.41. The summed E-state index contributed by atoms with van der Waals surface area (Å²) in [6.07, 6.45) is 2.56. The molecule has 3 saturated heterocycles. The van der Waals surface area contributed by atoms with E-state index >= 15 is 0 Å². The summed E-state index contributed by atoms with van der Waals surface area (Å²) < 4.78 is 0. The summed E-state index contributed by atoms with van der Waals surface area (Å²) in [5.41, 5.74) is 3.32. The fourth-order valence-electron chi connectivity index (χ4n) is 5.49. The lowest BCUT2D eigenvalue weighted by molar-refractivity contribution is -0.112. The van der Waals surface area contributed by atoms with Gasteiger partial charge in [0, 0.05) is 30.7 Å². The maximum atomic E-state index is 13.0. The Morgan fingerprint density at radius 1 is 1.00 bits per heavy atom. The fourth-order valence-corrected chi connectivity index (χ4v) is 5.49. The van der Waals surface area contributed by atoms with Crippen LogP contribution in [0.2, 0.25) is 0 Å². The number of amides is 1. The first-order chi connectivity index (χ1) is 12.2. The van der Waals surface area contributed by atoms with Crippen molar-refractivity contribution in [3.05, 3.63) is 53.5 Å². The summed E-state index contributed by atoms with van der Waals surface area (Å²) in [7, 11) is 2.04. The lowest BCUT2D eigenvalue weighted by Crippen LogP contribution is -2.55. The molecule has 0 spiro atoms. The van der Waals surface area contributed by atoms with E-state index in [0.717, 1.165) is 40.9 Å². The maximum Gasteiger partial charge on any atom is 0.241 e.